The fourth-order valence-electron chi connectivity index (χ4n) is 3.48. The van der Waals surface area contributed by atoms with Gasteiger partial charge in [-0.1, -0.05) is 6.92 Å². The van der Waals surface area contributed by atoms with Gasteiger partial charge in [0.1, 0.15) is 5.75 Å². The fourth-order valence-corrected chi connectivity index (χ4v) is 5.01. The predicted molar refractivity (Wildman–Crippen MR) is 120 cm³/mol. The van der Waals surface area contributed by atoms with E-state index in [2.05, 4.69) is 5.32 Å². The number of nitrogens with zero attached hydrogens (tertiary/aromatic N) is 1. The number of methoxy groups -OCH3 is 1. The topological polar surface area (TPSA) is 102 Å². The van der Waals surface area contributed by atoms with Gasteiger partial charge >= 0.3 is 5.97 Å². The van der Waals surface area contributed by atoms with Crippen LogP contribution >= 0.6 is 0 Å². The first kappa shape index (κ1) is 23.7. The Labute approximate surface area is 188 Å². The number of benzene rings is 2. The number of hydrogen-bond acceptors (Lipinski definition) is 6. The zero-order valence-electron chi connectivity index (χ0n) is 18.2. The van der Waals surface area contributed by atoms with Gasteiger partial charge in [-0.15, -0.1) is 0 Å². The normalized spacial score (nSPS) is 16.9. The Kier molecular flexibility index (Phi) is 7.87. The molecule has 0 saturated carbocycles. The number of piperidine rings is 1. The monoisotopic (exact) mass is 460 g/mol. The summed E-state index contributed by atoms with van der Waals surface area (Å²) in [4.78, 5) is 24.8. The number of hydrogen-bond donors (Lipinski definition) is 1. The molecule has 1 amide bonds. The van der Waals surface area contributed by atoms with Crippen molar-refractivity contribution in [1.29, 1.82) is 0 Å². The van der Waals surface area contributed by atoms with Gasteiger partial charge < -0.3 is 14.8 Å². The van der Waals surface area contributed by atoms with Crippen molar-refractivity contribution in [3.63, 3.8) is 0 Å². The summed E-state index contributed by atoms with van der Waals surface area (Å²) in [5.74, 6) is -0.548. The molecule has 9 heteroatoms. The molecule has 8 nitrogen and oxygen atoms in total. The Morgan fingerprint density at radius 1 is 1.09 bits per heavy atom. The highest BCUT2D eigenvalue weighted by Gasteiger charge is 2.33. The predicted octanol–water partition coefficient (Wildman–Crippen LogP) is 3.30. The van der Waals surface area contributed by atoms with Crippen LogP contribution in [0.1, 0.15) is 36.5 Å². The number of sulfonamides is 1. The fraction of sp³-hybridized carbons (Fsp3) is 0.391. The lowest BCUT2D eigenvalue weighted by molar-refractivity contribution is -0.120. The molecule has 0 aromatic heterocycles. The van der Waals surface area contributed by atoms with E-state index in [1.54, 1.807) is 36.4 Å². The minimum absolute atomic E-state index is 0.113. The van der Waals surface area contributed by atoms with Gasteiger partial charge in [-0.3, -0.25) is 4.79 Å². The Morgan fingerprint density at radius 2 is 1.78 bits per heavy atom. The van der Waals surface area contributed by atoms with Gasteiger partial charge in [-0.25, -0.2) is 13.2 Å². The van der Waals surface area contributed by atoms with Crippen molar-refractivity contribution in [3.8, 4) is 5.75 Å². The molecule has 3 rings (SSSR count). The largest absolute Gasteiger partial charge is 0.497 e. The van der Waals surface area contributed by atoms with Crippen LogP contribution in [0, 0.1) is 5.92 Å². The maximum atomic E-state index is 13.0. The van der Waals surface area contributed by atoms with Crippen molar-refractivity contribution in [3.05, 3.63) is 54.1 Å². The van der Waals surface area contributed by atoms with Crippen LogP contribution in [-0.4, -0.2) is 51.4 Å². The summed E-state index contributed by atoms with van der Waals surface area (Å²) >= 11 is 0. The molecule has 0 radical (unpaired) electrons. The second-order valence-corrected chi connectivity index (χ2v) is 9.52. The highest BCUT2D eigenvalue weighted by molar-refractivity contribution is 7.89. The summed E-state index contributed by atoms with van der Waals surface area (Å²) in [6, 6.07) is 12.7. The summed E-state index contributed by atoms with van der Waals surface area (Å²) in [7, 11) is -2.19. The average molecular weight is 461 g/mol. The molecular formula is C23H28N2O6S. The van der Waals surface area contributed by atoms with Crippen LogP contribution in [0.4, 0.5) is 5.69 Å². The van der Waals surface area contributed by atoms with Crippen LogP contribution in [0.2, 0.25) is 0 Å². The maximum absolute atomic E-state index is 13.0. The molecule has 1 aliphatic heterocycles. The van der Waals surface area contributed by atoms with E-state index in [-0.39, 0.29) is 17.3 Å². The van der Waals surface area contributed by atoms with Gasteiger partial charge in [0.15, 0.2) is 0 Å². The number of carbonyl (C=O) groups is 2. The zero-order chi connectivity index (χ0) is 23.1. The molecule has 1 atom stereocenters. The van der Waals surface area contributed by atoms with Crippen molar-refractivity contribution in [2.75, 3.05) is 32.1 Å². The third-order valence-corrected chi connectivity index (χ3v) is 7.16. The third kappa shape index (κ3) is 5.66. The van der Waals surface area contributed by atoms with Gasteiger partial charge in [0.2, 0.25) is 15.9 Å². The van der Waals surface area contributed by atoms with Crippen LogP contribution in [0.25, 0.3) is 0 Å². The lowest BCUT2D eigenvalue weighted by atomic mass is 9.98. The number of nitrogens with one attached hydrogen (secondary N) is 1. The molecule has 1 unspecified atom stereocenters. The minimum Gasteiger partial charge on any atom is -0.497 e. The van der Waals surface area contributed by atoms with E-state index in [1.807, 2.05) is 6.92 Å². The van der Waals surface area contributed by atoms with E-state index in [0.29, 0.717) is 43.0 Å². The van der Waals surface area contributed by atoms with Crippen LogP contribution in [0.15, 0.2) is 53.4 Å². The Hall–Kier alpha value is -2.91. The minimum atomic E-state index is -3.70. The Bertz CT molecular complexity index is 1040. The highest BCUT2D eigenvalue weighted by Crippen LogP contribution is 2.26. The molecule has 1 heterocycles. The first-order valence-corrected chi connectivity index (χ1v) is 12.0. The summed E-state index contributed by atoms with van der Waals surface area (Å²) in [5.41, 5.74) is 0.947. The van der Waals surface area contributed by atoms with Crippen molar-refractivity contribution in [1.82, 2.24) is 4.31 Å². The number of amides is 1. The number of ether oxygens (including phenoxy) is 2. The molecule has 2 aromatic rings. The summed E-state index contributed by atoms with van der Waals surface area (Å²) in [6.45, 7) is 2.75. The summed E-state index contributed by atoms with van der Waals surface area (Å²) < 4.78 is 37.5. The average Bonchev–Trinajstić information content (AvgIpc) is 2.83. The second kappa shape index (κ2) is 10.6. The lowest BCUT2D eigenvalue weighted by Crippen LogP contribution is -2.43. The zero-order valence-corrected chi connectivity index (χ0v) is 19.1. The molecule has 0 spiro atoms. The van der Waals surface area contributed by atoms with Crippen LogP contribution in [0.3, 0.4) is 0 Å². The number of anilines is 1. The summed E-state index contributed by atoms with van der Waals surface area (Å²) in [5, 5.41) is 2.82. The van der Waals surface area contributed by atoms with Crippen LogP contribution in [0.5, 0.6) is 5.75 Å². The first-order valence-electron chi connectivity index (χ1n) is 10.6. The Balaban J connectivity index is 1.63. The van der Waals surface area contributed by atoms with Gasteiger partial charge in [0, 0.05) is 18.8 Å². The smallest absolute Gasteiger partial charge is 0.338 e. The molecule has 1 aliphatic rings. The van der Waals surface area contributed by atoms with Gasteiger partial charge in [0.05, 0.1) is 30.1 Å². The maximum Gasteiger partial charge on any atom is 0.338 e. The van der Waals surface area contributed by atoms with Crippen molar-refractivity contribution < 1.29 is 27.5 Å². The van der Waals surface area contributed by atoms with Crippen LogP contribution < -0.4 is 10.1 Å². The number of carbonyl (C=O) groups excluding carboxylic acids is 2. The van der Waals surface area contributed by atoms with Gasteiger partial charge in [0.25, 0.3) is 0 Å². The molecule has 172 valence electrons. The third-order valence-electron chi connectivity index (χ3n) is 5.28. The van der Waals surface area contributed by atoms with Gasteiger partial charge in [-0.2, -0.15) is 4.31 Å². The lowest BCUT2D eigenvalue weighted by Gasteiger charge is -2.31. The highest BCUT2D eigenvalue weighted by atomic mass is 32.2. The number of rotatable bonds is 8. The van der Waals surface area contributed by atoms with Gasteiger partial charge in [-0.05, 0) is 67.8 Å². The van der Waals surface area contributed by atoms with E-state index >= 15 is 0 Å². The molecule has 1 fully saturated rings. The molecule has 32 heavy (non-hydrogen) atoms. The summed E-state index contributed by atoms with van der Waals surface area (Å²) in [6.07, 6.45) is 1.93. The molecule has 1 N–H and O–H groups in total. The van der Waals surface area contributed by atoms with Crippen molar-refractivity contribution in [2.45, 2.75) is 31.1 Å². The van der Waals surface area contributed by atoms with Crippen molar-refractivity contribution >= 4 is 27.6 Å². The molecule has 2 aromatic carbocycles. The first-order chi connectivity index (χ1) is 15.3. The van der Waals surface area contributed by atoms with E-state index < -0.39 is 21.9 Å². The standard InChI is InChI=1S/C23H28N2O6S/c1-3-15-31-23(27)17-6-8-19(9-7-17)24-22(26)18-5-4-14-25(16-18)32(28,29)21-12-10-20(30-2)11-13-21/h6-13,18H,3-5,14-16H2,1-2H3,(H,24,26). The number of esters is 1. The molecule has 1 saturated heterocycles. The quantitative estimate of drug-likeness (QED) is 0.607. The molecular weight excluding hydrogens is 432 g/mol. The van der Waals surface area contributed by atoms with E-state index in [9.17, 15) is 18.0 Å². The molecule has 0 aliphatic carbocycles. The van der Waals surface area contributed by atoms with E-state index in [0.717, 1.165) is 6.42 Å². The van der Waals surface area contributed by atoms with E-state index in [1.165, 1.54) is 23.5 Å². The van der Waals surface area contributed by atoms with Crippen molar-refractivity contribution in [2.24, 2.45) is 5.92 Å². The molecule has 0 bridgehead atoms. The second-order valence-electron chi connectivity index (χ2n) is 7.58. The van der Waals surface area contributed by atoms with Crippen LogP contribution in [-0.2, 0) is 19.6 Å². The van der Waals surface area contributed by atoms with E-state index in [4.69, 9.17) is 9.47 Å². The Morgan fingerprint density at radius 3 is 2.41 bits per heavy atom. The SMILES string of the molecule is CCCOC(=O)c1ccc(NC(=O)C2CCCN(S(=O)(=O)c3ccc(OC)cc3)C2)cc1.